The highest BCUT2D eigenvalue weighted by molar-refractivity contribution is 7.91. The highest BCUT2D eigenvalue weighted by Gasteiger charge is 2.25. The molecule has 0 atom stereocenters. The average Bonchev–Trinajstić information content (AvgIpc) is 2.98. The molecule has 1 saturated carbocycles. The second-order valence-electron chi connectivity index (χ2n) is 7.71. The SMILES string of the molecule is CC(C)(C)C(=O)NCCc1ccc(S(=O)(=O)NC2CCC(N)CC2)s1. The number of carbonyl (C=O) groups is 1. The van der Waals surface area contributed by atoms with Crippen molar-refractivity contribution in [1.82, 2.24) is 10.0 Å². The van der Waals surface area contributed by atoms with E-state index in [0.29, 0.717) is 17.2 Å². The normalized spacial score (nSPS) is 21.9. The number of hydrogen-bond donors (Lipinski definition) is 3. The lowest BCUT2D eigenvalue weighted by Gasteiger charge is -2.26. The Labute approximate surface area is 154 Å². The Hall–Kier alpha value is -0.960. The van der Waals surface area contributed by atoms with Crippen molar-refractivity contribution < 1.29 is 13.2 Å². The standard InChI is InChI=1S/C17H29N3O3S2/c1-17(2,3)16(21)19-11-10-14-8-9-15(24-14)25(22,23)20-13-6-4-12(18)5-7-13/h8-9,12-13,20H,4-7,10-11,18H2,1-3H3,(H,19,21). The van der Waals surface area contributed by atoms with E-state index < -0.39 is 15.4 Å². The molecule has 2 rings (SSSR count). The zero-order valence-electron chi connectivity index (χ0n) is 15.2. The molecule has 25 heavy (non-hydrogen) atoms. The Balaban J connectivity index is 1.88. The van der Waals surface area contributed by atoms with Crippen LogP contribution in [0, 0.1) is 5.41 Å². The molecule has 1 aromatic rings. The molecule has 0 radical (unpaired) electrons. The van der Waals surface area contributed by atoms with E-state index in [1.807, 2.05) is 26.8 Å². The maximum absolute atomic E-state index is 12.5. The molecule has 6 nitrogen and oxygen atoms in total. The van der Waals surface area contributed by atoms with Crippen molar-refractivity contribution in [1.29, 1.82) is 0 Å². The number of hydrogen-bond acceptors (Lipinski definition) is 5. The van der Waals surface area contributed by atoms with Crippen LogP contribution in [0.15, 0.2) is 16.3 Å². The van der Waals surface area contributed by atoms with E-state index in [1.54, 1.807) is 6.07 Å². The van der Waals surface area contributed by atoms with Crippen molar-refractivity contribution in [3.8, 4) is 0 Å². The Morgan fingerprint density at radius 3 is 2.48 bits per heavy atom. The molecule has 1 fully saturated rings. The van der Waals surface area contributed by atoms with Crippen LogP contribution in [0.2, 0.25) is 0 Å². The van der Waals surface area contributed by atoms with Gasteiger partial charge in [-0.25, -0.2) is 13.1 Å². The predicted octanol–water partition coefficient (Wildman–Crippen LogP) is 2.00. The largest absolute Gasteiger partial charge is 0.355 e. The molecule has 0 unspecified atom stereocenters. The lowest BCUT2D eigenvalue weighted by Crippen LogP contribution is -2.40. The van der Waals surface area contributed by atoms with Gasteiger partial charge >= 0.3 is 0 Å². The van der Waals surface area contributed by atoms with Crippen molar-refractivity contribution in [2.45, 2.75) is 69.2 Å². The number of thiophene rings is 1. The fourth-order valence-corrected chi connectivity index (χ4v) is 5.39. The quantitative estimate of drug-likeness (QED) is 0.695. The zero-order valence-corrected chi connectivity index (χ0v) is 16.8. The molecular weight excluding hydrogens is 358 g/mol. The van der Waals surface area contributed by atoms with Crippen LogP contribution in [0.5, 0.6) is 0 Å². The summed E-state index contributed by atoms with van der Waals surface area (Å²) in [7, 11) is -3.48. The van der Waals surface area contributed by atoms with E-state index >= 15 is 0 Å². The molecule has 1 aromatic heterocycles. The third-order valence-corrected chi connectivity index (χ3v) is 7.49. The number of amides is 1. The van der Waals surface area contributed by atoms with Crippen molar-refractivity contribution in [3.05, 3.63) is 17.0 Å². The third kappa shape index (κ3) is 6.06. The summed E-state index contributed by atoms with van der Waals surface area (Å²) in [6.07, 6.45) is 3.92. The van der Waals surface area contributed by atoms with Gasteiger partial charge in [-0.1, -0.05) is 20.8 Å². The second-order valence-corrected chi connectivity index (χ2v) is 10.8. The summed E-state index contributed by atoms with van der Waals surface area (Å²) in [4.78, 5) is 12.8. The van der Waals surface area contributed by atoms with Gasteiger partial charge in [-0.3, -0.25) is 4.79 Å². The number of nitrogens with one attached hydrogen (secondary N) is 2. The summed E-state index contributed by atoms with van der Waals surface area (Å²) in [6, 6.07) is 3.63. The van der Waals surface area contributed by atoms with E-state index in [4.69, 9.17) is 5.73 Å². The molecule has 1 aliphatic rings. The Morgan fingerprint density at radius 1 is 1.24 bits per heavy atom. The molecule has 142 valence electrons. The van der Waals surface area contributed by atoms with Gasteiger partial charge < -0.3 is 11.1 Å². The molecule has 1 heterocycles. The van der Waals surface area contributed by atoms with Gasteiger partial charge in [0.1, 0.15) is 4.21 Å². The third-order valence-electron chi connectivity index (χ3n) is 4.33. The summed E-state index contributed by atoms with van der Waals surface area (Å²) < 4.78 is 28.1. The smallest absolute Gasteiger partial charge is 0.250 e. The van der Waals surface area contributed by atoms with Crippen LogP contribution in [0.25, 0.3) is 0 Å². The van der Waals surface area contributed by atoms with E-state index in [0.717, 1.165) is 30.6 Å². The van der Waals surface area contributed by atoms with Gasteiger partial charge in [-0.2, -0.15) is 0 Å². The monoisotopic (exact) mass is 387 g/mol. The van der Waals surface area contributed by atoms with Gasteiger partial charge in [0, 0.05) is 28.9 Å². The molecule has 0 spiro atoms. The first-order valence-corrected chi connectivity index (χ1v) is 11.0. The number of nitrogens with two attached hydrogens (primary N) is 1. The molecule has 0 saturated heterocycles. The summed E-state index contributed by atoms with van der Waals surface area (Å²) in [5.41, 5.74) is 5.44. The minimum atomic E-state index is -3.48. The first-order chi connectivity index (χ1) is 11.6. The maximum atomic E-state index is 12.5. The van der Waals surface area contributed by atoms with Gasteiger partial charge in [0.2, 0.25) is 15.9 Å². The fraction of sp³-hybridized carbons (Fsp3) is 0.706. The Bertz CT molecular complexity index is 684. The molecule has 0 aliphatic heterocycles. The topological polar surface area (TPSA) is 101 Å². The van der Waals surface area contributed by atoms with E-state index in [9.17, 15) is 13.2 Å². The zero-order chi connectivity index (χ0) is 18.7. The van der Waals surface area contributed by atoms with Gasteiger partial charge in [-0.15, -0.1) is 11.3 Å². The highest BCUT2D eigenvalue weighted by Crippen LogP contribution is 2.24. The fourth-order valence-electron chi connectivity index (χ4n) is 2.72. The first-order valence-electron chi connectivity index (χ1n) is 8.73. The van der Waals surface area contributed by atoms with E-state index in [1.165, 1.54) is 11.3 Å². The lowest BCUT2D eigenvalue weighted by molar-refractivity contribution is -0.128. The highest BCUT2D eigenvalue weighted by atomic mass is 32.2. The van der Waals surface area contributed by atoms with Gasteiger partial charge in [0.25, 0.3) is 0 Å². The molecule has 1 aliphatic carbocycles. The van der Waals surface area contributed by atoms with Crippen LogP contribution >= 0.6 is 11.3 Å². The molecule has 0 aromatic carbocycles. The number of rotatable bonds is 6. The van der Waals surface area contributed by atoms with Gasteiger partial charge in [0.05, 0.1) is 0 Å². The van der Waals surface area contributed by atoms with Crippen molar-refractivity contribution in [2.75, 3.05) is 6.54 Å². The maximum Gasteiger partial charge on any atom is 0.250 e. The van der Waals surface area contributed by atoms with Crippen molar-refractivity contribution in [3.63, 3.8) is 0 Å². The Kier molecular flexibility index (Phi) is 6.64. The number of sulfonamides is 1. The molecule has 1 amide bonds. The summed E-state index contributed by atoms with van der Waals surface area (Å²) in [6.45, 7) is 6.09. The van der Waals surface area contributed by atoms with Crippen LogP contribution in [0.3, 0.4) is 0 Å². The summed E-state index contributed by atoms with van der Waals surface area (Å²) in [5, 5.41) is 2.88. The summed E-state index contributed by atoms with van der Waals surface area (Å²) >= 11 is 1.26. The molecule has 4 N–H and O–H groups in total. The summed E-state index contributed by atoms with van der Waals surface area (Å²) in [5.74, 6) is -0.00549. The van der Waals surface area contributed by atoms with E-state index in [-0.39, 0.29) is 18.0 Å². The molecule has 8 heteroatoms. The minimum absolute atomic E-state index is 0.00549. The van der Waals surface area contributed by atoms with Gasteiger partial charge in [-0.05, 0) is 44.2 Å². The average molecular weight is 388 g/mol. The predicted molar refractivity (Wildman–Crippen MR) is 101 cm³/mol. The van der Waals surface area contributed by atoms with Crippen LogP contribution in [0.1, 0.15) is 51.3 Å². The van der Waals surface area contributed by atoms with Crippen LogP contribution < -0.4 is 15.8 Å². The lowest BCUT2D eigenvalue weighted by atomic mass is 9.93. The number of carbonyl (C=O) groups excluding carboxylic acids is 1. The van der Waals surface area contributed by atoms with Gasteiger partial charge in [0.15, 0.2) is 0 Å². The van der Waals surface area contributed by atoms with Crippen LogP contribution in [0.4, 0.5) is 0 Å². The van der Waals surface area contributed by atoms with Crippen LogP contribution in [-0.4, -0.2) is 33.0 Å². The first kappa shape index (κ1) is 20.4. The Morgan fingerprint density at radius 2 is 1.88 bits per heavy atom. The van der Waals surface area contributed by atoms with Crippen molar-refractivity contribution >= 4 is 27.3 Å². The second kappa shape index (κ2) is 8.16. The van der Waals surface area contributed by atoms with E-state index in [2.05, 4.69) is 10.0 Å². The van der Waals surface area contributed by atoms with Crippen molar-refractivity contribution in [2.24, 2.45) is 11.1 Å². The molecule has 0 bridgehead atoms. The minimum Gasteiger partial charge on any atom is -0.355 e. The molecular formula is C17H29N3O3S2. The van der Waals surface area contributed by atoms with Crippen LogP contribution in [-0.2, 0) is 21.2 Å².